The van der Waals surface area contributed by atoms with Crippen molar-refractivity contribution in [2.24, 2.45) is 5.92 Å². The SMILES string of the molecule is CCN1CC(CC(=O)OC)CC(NC2CCCCC2)C1. The first-order valence-corrected chi connectivity index (χ1v) is 8.26. The normalized spacial score (nSPS) is 29.3. The maximum Gasteiger partial charge on any atom is 0.305 e. The molecular formula is C16H30N2O2. The van der Waals surface area contributed by atoms with E-state index in [1.165, 1.54) is 39.2 Å². The zero-order valence-electron chi connectivity index (χ0n) is 13.1. The van der Waals surface area contributed by atoms with Crippen molar-refractivity contribution >= 4 is 5.97 Å². The number of esters is 1. The zero-order valence-corrected chi connectivity index (χ0v) is 13.1. The summed E-state index contributed by atoms with van der Waals surface area (Å²) in [4.78, 5) is 14.0. The van der Waals surface area contributed by atoms with Crippen LogP contribution >= 0.6 is 0 Å². The molecule has 1 N–H and O–H groups in total. The van der Waals surface area contributed by atoms with Gasteiger partial charge in [-0.25, -0.2) is 0 Å². The standard InChI is InChI=1S/C16H30N2O2/c1-3-18-11-13(10-16(19)20-2)9-15(12-18)17-14-7-5-4-6-8-14/h13-15,17H,3-12H2,1-2H3. The summed E-state index contributed by atoms with van der Waals surface area (Å²) in [7, 11) is 1.49. The largest absolute Gasteiger partial charge is 0.469 e. The van der Waals surface area contributed by atoms with E-state index in [1.807, 2.05) is 0 Å². The molecule has 1 aliphatic heterocycles. The predicted octanol–water partition coefficient (Wildman–Crippen LogP) is 2.18. The van der Waals surface area contributed by atoms with E-state index in [9.17, 15) is 4.79 Å². The van der Waals surface area contributed by atoms with Crippen molar-refractivity contribution in [1.82, 2.24) is 10.2 Å². The van der Waals surface area contributed by atoms with E-state index in [-0.39, 0.29) is 5.97 Å². The number of hydrogen-bond acceptors (Lipinski definition) is 4. The van der Waals surface area contributed by atoms with Gasteiger partial charge in [-0.05, 0) is 31.7 Å². The summed E-state index contributed by atoms with van der Waals surface area (Å²) in [5.41, 5.74) is 0. The fourth-order valence-corrected chi connectivity index (χ4v) is 3.75. The van der Waals surface area contributed by atoms with Crippen molar-refractivity contribution < 1.29 is 9.53 Å². The third kappa shape index (κ3) is 4.74. The van der Waals surface area contributed by atoms with E-state index in [2.05, 4.69) is 17.1 Å². The van der Waals surface area contributed by atoms with Gasteiger partial charge in [-0.3, -0.25) is 4.79 Å². The van der Waals surface area contributed by atoms with E-state index in [4.69, 9.17) is 4.74 Å². The number of ether oxygens (including phenoxy) is 1. The van der Waals surface area contributed by atoms with Crippen LogP contribution in [-0.4, -0.2) is 49.7 Å². The number of nitrogens with zero attached hydrogens (tertiary/aromatic N) is 1. The van der Waals surface area contributed by atoms with Crippen LogP contribution < -0.4 is 5.32 Å². The summed E-state index contributed by atoms with van der Waals surface area (Å²) in [6.45, 7) is 5.44. The minimum Gasteiger partial charge on any atom is -0.469 e. The highest BCUT2D eigenvalue weighted by Gasteiger charge is 2.29. The molecule has 1 saturated heterocycles. The number of carbonyl (C=O) groups is 1. The Labute approximate surface area is 123 Å². The van der Waals surface area contributed by atoms with Gasteiger partial charge in [-0.2, -0.15) is 0 Å². The van der Waals surface area contributed by atoms with E-state index in [0.29, 0.717) is 24.4 Å². The lowest BCUT2D eigenvalue weighted by molar-refractivity contribution is -0.142. The Morgan fingerprint density at radius 1 is 1.20 bits per heavy atom. The van der Waals surface area contributed by atoms with Crippen LogP contribution in [-0.2, 0) is 9.53 Å². The van der Waals surface area contributed by atoms with Crippen molar-refractivity contribution in [2.75, 3.05) is 26.7 Å². The van der Waals surface area contributed by atoms with Crippen molar-refractivity contribution in [2.45, 2.75) is 64.0 Å². The van der Waals surface area contributed by atoms with Crippen LogP contribution in [0.2, 0.25) is 0 Å². The molecular weight excluding hydrogens is 252 g/mol. The number of likely N-dealkylation sites (tertiary alicyclic amines) is 1. The maximum absolute atomic E-state index is 11.5. The molecule has 0 amide bonds. The Morgan fingerprint density at radius 2 is 1.95 bits per heavy atom. The molecule has 4 heteroatoms. The van der Waals surface area contributed by atoms with Crippen LogP contribution in [0.4, 0.5) is 0 Å². The topological polar surface area (TPSA) is 41.6 Å². The number of methoxy groups -OCH3 is 1. The Bertz CT molecular complexity index is 303. The highest BCUT2D eigenvalue weighted by molar-refractivity contribution is 5.69. The molecule has 4 nitrogen and oxygen atoms in total. The van der Waals surface area contributed by atoms with E-state index >= 15 is 0 Å². The Hall–Kier alpha value is -0.610. The van der Waals surface area contributed by atoms with Gasteiger partial charge >= 0.3 is 5.97 Å². The lowest BCUT2D eigenvalue weighted by Crippen LogP contribution is -2.52. The summed E-state index contributed by atoms with van der Waals surface area (Å²) in [5.74, 6) is 0.376. The fourth-order valence-electron chi connectivity index (χ4n) is 3.75. The molecule has 0 bridgehead atoms. The van der Waals surface area contributed by atoms with Crippen molar-refractivity contribution in [1.29, 1.82) is 0 Å². The van der Waals surface area contributed by atoms with Crippen LogP contribution in [0.25, 0.3) is 0 Å². The number of nitrogens with one attached hydrogen (secondary N) is 1. The highest BCUT2D eigenvalue weighted by atomic mass is 16.5. The molecule has 2 atom stereocenters. The molecule has 0 aromatic carbocycles. The third-order valence-corrected chi connectivity index (χ3v) is 4.82. The molecule has 1 aliphatic carbocycles. The van der Waals surface area contributed by atoms with Gasteiger partial charge in [0.25, 0.3) is 0 Å². The van der Waals surface area contributed by atoms with Gasteiger partial charge < -0.3 is 15.0 Å². The number of rotatable bonds is 5. The molecule has 2 aliphatic rings. The van der Waals surface area contributed by atoms with Crippen LogP contribution in [0.15, 0.2) is 0 Å². The van der Waals surface area contributed by atoms with Crippen molar-refractivity contribution in [3.05, 3.63) is 0 Å². The van der Waals surface area contributed by atoms with Gasteiger partial charge in [0.1, 0.15) is 0 Å². The number of likely N-dealkylation sites (N-methyl/N-ethyl adjacent to an activating group) is 1. The molecule has 2 fully saturated rings. The first-order valence-electron chi connectivity index (χ1n) is 8.26. The molecule has 1 saturated carbocycles. The fraction of sp³-hybridized carbons (Fsp3) is 0.938. The summed E-state index contributed by atoms with van der Waals surface area (Å²) in [5, 5.41) is 3.85. The molecule has 2 rings (SSSR count). The van der Waals surface area contributed by atoms with Gasteiger partial charge in [0.15, 0.2) is 0 Å². The minimum absolute atomic E-state index is 0.0654. The summed E-state index contributed by atoms with van der Waals surface area (Å²) in [6, 6.07) is 1.24. The quantitative estimate of drug-likeness (QED) is 0.785. The third-order valence-electron chi connectivity index (χ3n) is 4.82. The Kier molecular flexibility index (Phi) is 6.30. The molecule has 0 spiro atoms. The van der Waals surface area contributed by atoms with Gasteiger partial charge in [-0.1, -0.05) is 26.2 Å². The Balaban J connectivity index is 1.85. The van der Waals surface area contributed by atoms with Crippen molar-refractivity contribution in [3.63, 3.8) is 0 Å². The summed E-state index contributed by atoms with van der Waals surface area (Å²) >= 11 is 0. The van der Waals surface area contributed by atoms with Crippen LogP contribution in [0.3, 0.4) is 0 Å². The van der Waals surface area contributed by atoms with Gasteiger partial charge in [0.2, 0.25) is 0 Å². The number of carbonyl (C=O) groups excluding carboxylic acids is 1. The molecule has 2 unspecified atom stereocenters. The first kappa shape index (κ1) is 15.8. The smallest absolute Gasteiger partial charge is 0.305 e. The average Bonchev–Trinajstić information content (AvgIpc) is 2.47. The second-order valence-corrected chi connectivity index (χ2v) is 6.43. The summed E-state index contributed by atoms with van der Waals surface area (Å²) in [6.07, 6.45) is 8.46. The average molecular weight is 282 g/mol. The predicted molar refractivity (Wildman–Crippen MR) is 80.7 cm³/mol. The maximum atomic E-state index is 11.5. The van der Waals surface area contributed by atoms with E-state index in [1.54, 1.807) is 0 Å². The van der Waals surface area contributed by atoms with E-state index < -0.39 is 0 Å². The Morgan fingerprint density at radius 3 is 2.60 bits per heavy atom. The second kappa shape index (κ2) is 7.99. The van der Waals surface area contributed by atoms with Gasteiger partial charge in [0.05, 0.1) is 7.11 Å². The van der Waals surface area contributed by atoms with Crippen LogP contribution in [0.1, 0.15) is 51.9 Å². The molecule has 0 radical (unpaired) electrons. The van der Waals surface area contributed by atoms with E-state index in [0.717, 1.165) is 26.1 Å². The highest BCUT2D eigenvalue weighted by Crippen LogP contribution is 2.23. The molecule has 1 heterocycles. The van der Waals surface area contributed by atoms with Gasteiger partial charge in [0, 0.05) is 31.6 Å². The summed E-state index contributed by atoms with van der Waals surface area (Å²) < 4.78 is 4.83. The number of hydrogen-bond donors (Lipinski definition) is 1. The lowest BCUT2D eigenvalue weighted by atomic mass is 9.89. The first-order chi connectivity index (χ1) is 9.71. The molecule has 116 valence electrons. The van der Waals surface area contributed by atoms with Crippen molar-refractivity contribution in [3.8, 4) is 0 Å². The molecule has 0 aromatic heterocycles. The monoisotopic (exact) mass is 282 g/mol. The van der Waals surface area contributed by atoms with Crippen LogP contribution in [0.5, 0.6) is 0 Å². The number of piperidine rings is 1. The lowest BCUT2D eigenvalue weighted by Gasteiger charge is -2.39. The van der Waals surface area contributed by atoms with Gasteiger partial charge in [-0.15, -0.1) is 0 Å². The second-order valence-electron chi connectivity index (χ2n) is 6.43. The van der Waals surface area contributed by atoms with Crippen LogP contribution in [0, 0.1) is 5.92 Å². The zero-order chi connectivity index (χ0) is 14.4. The molecule has 20 heavy (non-hydrogen) atoms. The molecule has 0 aromatic rings. The minimum atomic E-state index is -0.0654.